The van der Waals surface area contributed by atoms with Crippen molar-refractivity contribution in [2.24, 2.45) is 23.2 Å². The van der Waals surface area contributed by atoms with E-state index in [0.717, 1.165) is 58.5 Å². The highest BCUT2D eigenvalue weighted by Crippen LogP contribution is 2.55. The van der Waals surface area contributed by atoms with Crippen LogP contribution in [-0.4, -0.2) is 74.3 Å². The second kappa shape index (κ2) is 7.47. The van der Waals surface area contributed by atoms with Gasteiger partial charge >= 0.3 is 5.97 Å². The summed E-state index contributed by atoms with van der Waals surface area (Å²) < 4.78 is 5.79. The van der Waals surface area contributed by atoms with Gasteiger partial charge in [0.1, 0.15) is 44.7 Å². The number of rotatable bonds is 4. The van der Waals surface area contributed by atoms with Crippen molar-refractivity contribution in [3.63, 3.8) is 0 Å². The molecule has 0 aromatic carbocycles. The molecule has 2 heterocycles. The molecule has 0 amide bonds. The molecule has 0 radical (unpaired) electrons. The van der Waals surface area contributed by atoms with Crippen LogP contribution in [0, 0.1) is 23.2 Å². The lowest BCUT2D eigenvalue weighted by Gasteiger charge is -2.51. The molecule has 4 N–H and O–H groups in total. The Morgan fingerprint density at radius 3 is 2.67 bits per heavy atom. The number of nitrogens with one attached hydrogen (secondary N) is 2. The molecular formula is C21H36N2O4+2. The van der Waals surface area contributed by atoms with Crippen LogP contribution in [0.1, 0.15) is 33.1 Å². The third-order valence-corrected chi connectivity index (χ3v) is 8.21. The number of aliphatic hydroxyl groups excluding tert-OH is 2. The van der Waals surface area contributed by atoms with Gasteiger partial charge in [-0.25, -0.2) is 0 Å². The van der Waals surface area contributed by atoms with E-state index >= 15 is 0 Å². The van der Waals surface area contributed by atoms with Crippen LogP contribution < -0.4 is 9.80 Å². The summed E-state index contributed by atoms with van der Waals surface area (Å²) in [4.78, 5) is 15.6. The van der Waals surface area contributed by atoms with Gasteiger partial charge in [-0.15, -0.1) is 0 Å². The molecular weight excluding hydrogens is 344 g/mol. The second-order valence-electron chi connectivity index (χ2n) is 9.48. The molecule has 6 nitrogen and oxygen atoms in total. The molecule has 0 spiro atoms. The molecule has 152 valence electrons. The van der Waals surface area contributed by atoms with E-state index in [1.54, 1.807) is 0 Å². The van der Waals surface area contributed by atoms with Crippen LogP contribution >= 0.6 is 0 Å². The fourth-order valence-electron chi connectivity index (χ4n) is 6.18. The van der Waals surface area contributed by atoms with Crippen molar-refractivity contribution in [3.05, 3.63) is 11.6 Å². The van der Waals surface area contributed by atoms with Gasteiger partial charge in [0, 0.05) is 17.8 Å². The SMILES string of the molecule is C[C@@H]1CCC=C2C[C@H]3OC(=O)[C@H](C[NH+]4CC[NH+](CCO)CC4)[C@H]3[C@@H](O)[C@@]21C. The fraction of sp³-hybridized carbons (Fsp3) is 0.857. The van der Waals surface area contributed by atoms with Crippen molar-refractivity contribution in [3.8, 4) is 0 Å². The molecule has 0 aromatic heterocycles. The van der Waals surface area contributed by atoms with Gasteiger partial charge in [0.2, 0.25) is 0 Å². The quantitative estimate of drug-likeness (QED) is 0.338. The summed E-state index contributed by atoms with van der Waals surface area (Å²) in [5.74, 6) is 0.0716. The maximum absolute atomic E-state index is 12.7. The lowest BCUT2D eigenvalue weighted by Crippen LogP contribution is -3.28. The normalized spacial score (nSPS) is 47.0. The Balaban J connectivity index is 1.48. The molecule has 2 aliphatic heterocycles. The molecule has 1 saturated carbocycles. The molecule has 0 unspecified atom stereocenters. The summed E-state index contributed by atoms with van der Waals surface area (Å²) in [6.45, 7) is 10.4. The third-order valence-electron chi connectivity index (χ3n) is 8.21. The summed E-state index contributed by atoms with van der Waals surface area (Å²) in [5, 5.41) is 20.5. The van der Waals surface area contributed by atoms with Crippen molar-refractivity contribution in [1.29, 1.82) is 0 Å². The van der Waals surface area contributed by atoms with Gasteiger partial charge in [-0.2, -0.15) is 0 Å². The average molecular weight is 381 g/mol. The van der Waals surface area contributed by atoms with Gasteiger partial charge < -0.3 is 24.7 Å². The van der Waals surface area contributed by atoms with Crippen LogP contribution in [0.15, 0.2) is 11.6 Å². The van der Waals surface area contributed by atoms with Crippen LogP contribution in [0.5, 0.6) is 0 Å². The predicted octanol–water partition coefficient (Wildman–Crippen LogP) is -1.95. The van der Waals surface area contributed by atoms with E-state index < -0.39 is 6.10 Å². The predicted molar refractivity (Wildman–Crippen MR) is 100 cm³/mol. The topological polar surface area (TPSA) is 75.6 Å². The number of carbonyl (C=O) groups is 1. The van der Waals surface area contributed by atoms with Crippen molar-refractivity contribution >= 4 is 5.97 Å². The minimum absolute atomic E-state index is 0.0736. The summed E-state index contributed by atoms with van der Waals surface area (Å²) >= 11 is 0. The second-order valence-corrected chi connectivity index (χ2v) is 9.48. The zero-order valence-electron chi connectivity index (χ0n) is 16.7. The van der Waals surface area contributed by atoms with Gasteiger partial charge in [0.15, 0.2) is 0 Å². The van der Waals surface area contributed by atoms with E-state index in [9.17, 15) is 9.90 Å². The number of ether oxygens (including phenoxy) is 1. The molecule has 27 heavy (non-hydrogen) atoms. The third kappa shape index (κ3) is 3.24. The number of aliphatic hydroxyl groups is 2. The number of piperazine rings is 1. The summed E-state index contributed by atoms with van der Waals surface area (Å²) in [7, 11) is 0. The van der Waals surface area contributed by atoms with E-state index in [1.807, 2.05) is 0 Å². The number of hydrogen-bond acceptors (Lipinski definition) is 4. The van der Waals surface area contributed by atoms with Gasteiger partial charge in [0.05, 0.1) is 19.3 Å². The van der Waals surface area contributed by atoms with Crippen molar-refractivity contribution in [2.45, 2.75) is 45.3 Å². The van der Waals surface area contributed by atoms with Crippen molar-refractivity contribution in [2.75, 3.05) is 45.9 Å². The van der Waals surface area contributed by atoms with E-state index in [-0.39, 0.29) is 35.9 Å². The van der Waals surface area contributed by atoms with Gasteiger partial charge in [0.25, 0.3) is 0 Å². The van der Waals surface area contributed by atoms with E-state index in [0.29, 0.717) is 5.92 Å². The Hall–Kier alpha value is -0.950. The Bertz CT molecular complexity index is 601. The largest absolute Gasteiger partial charge is 0.461 e. The number of quaternary nitrogens is 2. The Labute approximate surface area is 162 Å². The maximum Gasteiger partial charge on any atom is 0.315 e. The molecule has 6 atom stereocenters. The first-order chi connectivity index (χ1) is 12.9. The lowest BCUT2D eigenvalue weighted by molar-refractivity contribution is -1.01. The molecule has 2 aliphatic carbocycles. The molecule has 4 rings (SSSR count). The maximum atomic E-state index is 12.7. The van der Waals surface area contributed by atoms with E-state index in [2.05, 4.69) is 19.9 Å². The number of carbonyl (C=O) groups excluding carboxylic acids is 1. The summed E-state index contributed by atoms with van der Waals surface area (Å²) in [5.41, 5.74) is 1.09. The Morgan fingerprint density at radius 2 is 1.96 bits per heavy atom. The minimum Gasteiger partial charge on any atom is -0.461 e. The molecule has 0 aromatic rings. The zero-order valence-corrected chi connectivity index (χ0v) is 16.7. The Kier molecular flexibility index (Phi) is 5.36. The average Bonchev–Trinajstić information content (AvgIpc) is 2.95. The highest BCUT2D eigenvalue weighted by atomic mass is 16.6. The fourth-order valence-corrected chi connectivity index (χ4v) is 6.18. The van der Waals surface area contributed by atoms with E-state index in [4.69, 9.17) is 9.84 Å². The number of esters is 1. The molecule has 0 bridgehead atoms. The zero-order chi connectivity index (χ0) is 19.2. The summed E-state index contributed by atoms with van der Waals surface area (Å²) in [6.07, 6.45) is 4.61. The minimum atomic E-state index is -0.505. The van der Waals surface area contributed by atoms with Crippen molar-refractivity contribution in [1.82, 2.24) is 0 Å². The van der Waals surface area contributed by atoms with Crippen LogP contribution in [-0.2, 0) is 9.53 Å². The highest BCUT2D eigenvalue weighted by molar-refractivity contribution is 5.76. The monoisotopic (exact) mass is 380 g/mol. The Morgan fingerprint density at radius 1 is 1.26 bits per heavy atom. The standard InChI is InChI=1S/C21H34N2O4/c1-14-4-3-5-15-12-17-18(19(25)21(14,15)2)16(20(26)27-17)13-23-8-6-22(7-9-23)10-11-24/h5,14,16-19,24-25H,3-4,6-13H2,1-2H3/p+2/t14-,16-,17-,18-,19-,21-/m1/s1. The summed E-state index contributed by atoms with van der Waals surface area (Å²) in [6, 6.07) is 0. The van der Waals surface area contributed by atoms with Crippen LogP contribution in [0.3, 0.4) is 0 Å². The molecule has 3 fully saturated rings. The molecule has 4 aliphatic rings. The van der Waals surface area contributed by atoms with Crippen LogP contribution in [0.2, 0.25) is 0 Å². The van der Waals surface area contributed by atoms with Crippen LogP contribution in [0.4, 0.5) is 0 Å². The van der Waals surface area contributed by atoms with Gasteiger partial charge in [-0.1, -0.05) is 25.5 Å². The molecule has 2 saturated heterocycles. The first kappa shape index (κ1) is 19.4. The number of hydrogen-bond donors (Lipinski definition) is 4. The van der Waals surface area contributed by atoms with Gasteiger partial charge in [-0.05, 0) is 18.8 Å². The smallest absolute Gasteiger partial charge is 0.315 e. The lowest BCUT2D eigenvalue weighted by atomic mass is 9.55. The van der Waals surface area contributed by atoms with E-state index in [1.165, 1.54) is 15.4 Å². The number of fused-ring (bicyclic) bond motifs is 2. The first-order valence-corrected chi connectivity index (χ1v) is 10.8. The highest BCUT2D eigenvalue weighted by Gasteiger charge is 2.60. The van der Waals surface area contributed by atoms with Gasteiger partial charge in [-0.3, -0.25) is 4.79 Å². The molecule has 6 heteroatoms. The van der Waals surface area contributed by atoms with Crippen molar-refractivity contribution < 1.29 is 29.5 Å². The number of allylic oxidation sites excluding steroid dienone is 1. The first-order valence-electron chi connectivity index (χ1n) is 10.8. The van der Waals surface area contributed by atoms with Crippen LogP contribution in [0.25, 0.3) is 0 Å².